The maximum Gasteiger partial charge on any atom is 0.136 e. The lowest BCUT2D eigenvalue weighted by Gasteiger charge is -2.14. The van der Waals surface area contributed by atoms with Crippen LogP contribution < -0.4 is 28.4 Å². The Kier molecular flexibility index (Phi) is 41.4. The zero-order valence-electron chi connectivity index (χ0n) is 76.0. The van der Waals surface area contributed by atoms with Gasteiger partial charge in [-0.15, -0.1) is 11.1 Å². The number of benzene rings is 9. The fraction of sp³-hybridized carbons (Fsp3) is 0.362. The minimum atomic E-state index is -1.50. The van der Waals surface area contributed by atoms with Crippen molar-refractivity contribution in [2.24, 2.45) is 0 Å². The van der Waals surface area contributed by atoms with Crippen molar-refractivity contribution in [1.82, 2.24) is 0 Å². The number of hydrogen-bond acceptors (Lipinski definition) is 6. The number of ether oxygens (including phenoxy) is 6. The van der Waals surface area contributed by atoms with E-state index < -0.39 is 16.1 Å². The van der Waals surface area contributed by atoms with Crippen molar-refractivity contribution in [3.05, 3.63) is 282 Å². The molecule has 0 spiro atoms. The van der Waals surface area contributed by atoms with Crippen LogP contribution in [0, 0.1) is 118 Å². The molecule has 0 heterocycles. The van der Waals surface area contributed by atoms with E-state index >= 15 is 0 Å². The Hall–Kier alpha value is -12.2. The van der Waals surface area contributed by atoms with E-state index in [1.54, 1.807) is 0 Å². The third-order valence-electron chi connectivity index (χ3n) is 20.0. The summed E-state index contributed by atoms with van der Waals surface area (Å²) in [6, 6.07) is 60.7. The maximum atomic E-state index is 6.59. The molecule has 9 aromatic rings. The quantitative estimate of drug-likeness (QED) is 0.0222. The first-order valence-corrected chi connectivity index (χ1v) is 52.6. The van der Waals surface area contributed by atoms with Crippen molar-refractivity contribution in [2.75, 3.05) is 39.6 Å². The molecular formula is C116H126O6Si2. The molecule has 8 heteroatoms. The fourth-order valence-electron chi connectivity index (χ4n) is 12.7. The van der Waals surface area contributed by atoms with E-state index in [9.17, 15) is 0 Å². The van der Waals surface area contributed by atoms with Gasteiger partial charge in [-0.05, 0) is 184 Å². The van der Waals surface area contributed by atoms with Gasteiger partial charge in [0.15, 0.2) is 0 Å². The Morgan fingerprint density at radius 2 is 0.298 bits per heavy atom. The highest BCUT2D eigenvalue weighted by Crippen LogP contribution is 2.33. The second-order valence-corrected chi connectivity index (χ2v) is 43.0. The van der Waals surface area contributed by atoms with Crippen molar-refractivity contribution in [3.8, 4) is 152 Å². The summed E-state index contributed by atoms with van der Waals surface area (Å²) in [5, 5.41) is 0. The van der Waals surface area contributed by atoms with Crippen molar-refractivity contribution >= 4 is 16.1 Å². The molecule has 6 nitrogen and oxygen atoms in total. The normalized spacial score (nSPS) is 10.4. The van der Waals surface area contributed by atoms with Crippen LogP contribution >= 0.6 is 0 Å². The van der Waals surface area contributed by atoms with Crippen molar-refractivity contribution in [2.45, 2.75) is 235 Å². The molecule has 0 aromatic heterocycles. The van der Waals surface area contributed by atoms with E-state index in [-0.39, 0.29) is 0 Å². The van der Waals surface area contributed by atoms with Crippen LogP contribution in [0.5, 0.6) is 34.5 Å². The van der Waals surface area contributed by atoms with E-state index in [0.29, 0.717) is 74.1 Å². The van der Waals surface area contributed by atoms with Gasteiger partial charge in [-0.1, -0.05) is 303 Å². The Morgan fingerprint density at radius 3 is 0.427 bits per heavy atom. The van der Waals surface area contributed by atoms with Gasteiger partial charge >= 0.3 is 0 Å². The molecule has 124 heavy (non-hydrogen) atoms. The molecule has 0 saturated heterocycles. The van der Waals surface area contributed by atoms with Crippen LogP contribution in [-0.2, 0) is 0 Å². The van der Waals surface area contributed by atoms with E-state index in [4.69, 9.17) is 28.4 Å². The molecule has 0 unspecified atom stereocenters. The van der Waals surface area contributed by atoms with Gasteiger partial charge in [0.1, 0.15) is 50.6 Å². The van der Waals surface area contributed by atoms with Crippen LogP contribution in [-0.4, -0.2) is 55.8 Å². The second-order valence-electron chi connectivity index (χ2n) is 33.5. The molecule has 0 atom stereocenters. The molecule has 0 aliphatic carbocycles. The molecule has 634 valence electrons. The highest BCUT2D eigenvalue weighted by Gasteiger charge is 2.17. The molecule has 0 aliphatic heterocycles. The van der Waals surface area contributed by atoms with Gasteiger partial charge in [0.25, 0.3) is 0 Å². The van der Waals surface area contributed by atoms with Crippen LogP contribution in [0.2, 0.25) is 39.3 Å². The molecular weight excluding hydrogens is 1550 g/mol. The zero-order valence-corrected chi connectivity index (χ0v) is 78.0. The lowest BCUT2D eigenvalue weighted by atomic mass is 10.1. The highest BCUT2D eigenvalue weighted by molar-refractivity contribution is 6.84. The third-order valence-corrected chi connectivity index (χ3v) is 21.8. The number of rotatable bonds is 36. The van der Waals surface area contributed by atoms with Crippen LogP contribution in [0.3, 0.4) is 0 Å². The van der Waals surface area contributed by atoms with Gasteiger partial charge in [0.05, 0.1) is 73.0 Å². The average Bonchev–Trinajstić information content (AvgIpc) is 0.827. The van der Waals surface area contributed by atoms with Crippen molar-refractivity contribution in [1.29, 1.82) is 0 Å². The molecule has 0 N–H and O–H groups in total. The standard InChI is InChI=1S/C116H126O6Si2/c1-13-19-25-31-79-117-111-87-106(72-66-98-51-43-94(44-52-98)38-40-96-47-55-100(56-48-96)68-74-108-90-116(122-84-36-30-24-18-6)110(92-114(108)120-82-34-28-22-16-4)76-70-102-59-63-104(64-60-102)78-86-124(10,11)12)112(118-80-32-26-20-14-2)88-105(111)71-65-97-49-41-93(42-50-97)37-39-95-45-53-99(54-46-95)67-73-107-89-115(121-83-35-29-23-17-5)109(91-113(107)119-81-33-27-21-15-3)75-69-101-57-61-103(62-58-101)77-85-123(7,8)9/h41-64,87-92H,13-36,79-84H2,1-12H3. The summed E-state index contributed by atoms with van der Waals surface area (Å²) < 4.78 is 39.3. The van der Waals surface area contributed by atoms with Gasteiger partial charge < -0.3 is 28.4 Å². The smallest absolute Gasteiger partial charge is 0.136 e. The maximum absolute atomic E-state index is 6.59. The van der Waals surface area contributed by atoms with Crippen LogP contribution in [0.25, 0.3) is 0 Å². The number of unbranched alkanes of at least 4 members (excludes halogenated alkanes) is 18. The first-order valence-electron chi connectivity index (χ1n) is 45.6. The predicted octanol–water partition coefficient (Wildman–Crippen LogP) is 27.1. The molecule has 0 fully saturated rings. The average molecular weight is 1670 g/mol. The first kappa shape index (κ1) is 95.6. The molecule has 9 rings (SSSR count). The Bertz CT molecular complexity index is 5230. The summed E-state index contributed by atoms with van der Waals surface area (Å²) in [5.74, 6) is 65.6. The summed E-state index contributed by atoms with van der Waals surface area (Å²) in [6.45, 7) is 30.4. The third kappa shape index (κ3) is 36.1. The molecule has 0 amide bonds. The largest absolute Gasteiger partial charge is 0.492 e. The van der Waals surface area contributed by atoms with E-state index in [0.717, 1.165) is 229 Å². The zero-order chi connectivity index (χ0) is 87.7. The summed E-state index contributed by atoms with van der Waals surface area (Å²) in [5.41, 5.74) is 22.3. The van der Waals surface area contributed by atoms with E-state index in [1.165, 1.54) is 25.7 Å². The first-order chi connectivity index (χ1) is 60.4. The fourth-order valence-corrected chi connectivity index (χ4v) is 13.8. The van der Waals surface area contributed by atoms with E-state index in [1.807, 2.05) is 158 Å². The monoisotopic (exact) mass is 1670 g/mol. The van der Waals surface area contributed by atoms with E-state index in [2.05, 4.69) is 223 Å². The van der Waals surface area contributed by atoms with Gasteiger partial charge in [-0.25, -0.2) is 0 Å². The highest BCUT2D eigenvalue weighted by atomic mass is 28.3. The lowest BCUT2D eigenvalue weighted by molar-refractivity contribution is 0.295. The molecule has 9 aromatic carbocycles. The summed E-state index contributed by atoms with van der Waals surface area (Å²) in [6.07, 6.45) is 26.2. The van der Waals surface area contributed by atoms with Crippen LogP contribution in [0.4, 0.5) is 0 Å². The van der Waals surface area contributed by atoms with Crippen molar-refractivity contribution in [3.63, 3.8) is 0 Å². The van der Waals surface area contributed by atoms with Gasteiger partial charge in [-0.2, -0.15) is 0 Å². The Labute approximate surface area is 748 Å². The minimum absolute atomic E-state index is 0.568. The summed E-state index contributed by atoms with van der Waals surface area (Å²) in [4.78, 5) is 0. The second kappa shape index (κ2) is 53.7. The molecule has 0 bridgehead atoms. The van der Waals surface area contributed by atoms with Gasteiger partial charge in [0, 0.05) is 103 Å². The van der Waals surface area contributed by atoms with Gasteiger partial charge in [0.2, 0.25) is 0 Å². The number of hydrogen-bond donors (Lipinski definition) is 0. The van der Waals surface area contributed by atoms with Crippen LogP contribution in [0.15, 0.2) is 182 Å². The Morgan fingerprint density at radius 1 is 0.169 bits per heavy atom. The molecule has 0 aliphatic rings. The SMILES string of the molecule is CCCCCCOc1cc(C#Cc2ccc(C#Cc3ccc(C#Cc4cc(OCCCCCC)c(C#Cc5ccc(C#C[Si](C)(C)C)cc5)cc4OCCCCCC)cc3)cc2)c(OCCCCCC)cc1C#Cc1ccc(C#Cc2ccc(C#Cc3cc(OCCCCCC)c(C#Cc4ccc(C#C[Si](C)(C)C)cc4)cc3OCCCCCC)cc2)cc1. The van der Waals surface area contributed by atoms with Crippen molar-refractivity contribution < 1.29 is 28.4 Å². The topological polar surface area (TPSA) is 55.4 Å². The molecule has 0 saturated carbocycles. The van der Waals surface area contributed by atoms with Gasteiger partial charge in [-0.3, -0.25) is 0 Å². The van der Waals surface area contributed by atoms with Crippen LogP contribution in [0.1, 0.15) is 296 Å². The summed E-state index contributed by atoms with van der Waals surface area (Å²) in [7, 11) is -2.99. The molecule has 0 radical (unpaired) electrons. The lowest BCUT2D eigenvalue weighted by Crippen LogP contribution is -2.16. The Balaban J connectivity index is 0.900. The summed E-state index contributed by atoms with van der Waals surface area (Å²) >= 11 is 0. The predicted molar refractivity (Wildman–Crippen MR) is 524 cm³/mol. The minimum Gasteiger partial charge on any atom is -0.492 e.